The molecular weight excluding hydrogens is 228 g/mol. The maximum Gasteiger partial charge on any atom is 0.224 e. The first-order valence-electron chi connectivity index (χ1n) is 6.16. The summed E-state index contributed by atoms with van der Waals surface area (Å²) in [6.07, 6.45) is 3.09. The number of carbonyl (C=O) groups is 1. The van der Waals surface area contributed by atoms with Crippen molar-refractivity contribution in [3.05, 3.63) is 24.4 Å². The Hall–Kier alpha value is -1.88. The van der Waals surface area contributed by atoms with Gasteiger partial charge >= 0.3 is 0 Å². The van der Waals surface area contributed by atoms with Crippen LogP contribution in [0, 0.1) is 5.92 Å². The molecule has 1 aromatic carbocycles. The van der Waals surface area contributed by atoms with Crippen LogP contribution in [0.15, 0.2) is 24.4 Å². The minimum atomic E-state index is 0.000926. The highest BCUT2D eigenvalue weighted by atomic mass is 16.1. The van der Waals surface area contributed by atoms with E-state index in [-0.39, 0.29) is 11.8 Å². The number of H-pyrrole nitrogens is 1. The average Bonchev–Trinajstić information content (AvgIpc) is 2.85. The largest absolute Gasteiger partial charge is 0.330 e. The fourth-order valence-corrected chi connectivity index (χ4v) is 1.93. The standard InChI is InChI=1S/C13H18N4O/c1-2-9(7-14)6-13(18)16-11-4-3-5-12-10(11)8-15-17-12/h3-5,8-9H,2,6-7,14H2,1H3,(H,15,17)(H,16,18). The van der Waals surface area contributed by atoms with Gasteiger partial charge in [-0.3, -0.25) is 9.89 Å². The van der Waals surface area contributed by atoms with Crippen molar-refractivity contribution in [2.24, 2.45) is 11.7 Å². The summed E-state index contributed by atoms with van der Waals surface area (Å²) in [7, 11) is 0. The number of hydrogen-bond acceptors (Lipinski definition) is 3. The number of aromatic amines is 1. The number of amides is 1. The highest BCUT2D eigenvalue weighted by Gasteiger charge is 2.12. The van der Waals surface area contributed by atoms with Crippen LogP contribution in [0.4, 0.5) is 5.69 Å². The molecule has 1 aromatic heterocycles. The molecule has 0 aliphatic carbocycles. The molecule has 0 radical (unpaired) electrons. The average molecular weight is 246 g/mol. The Labute approximate surface area is 106 Å². The molecule has 5 nitrogen and oxygen atoms in total. The van der Waals surface area contributed by atoms with Crippen molar-refractivity contribution in [1.29, 1.82) is 0 Å². The predicted octanol–water partition coefficient (Wildman–Crippen LogP) is 1.88. The Kier molecular flexibility index (Phi) is 3.94. The number of nitrogens with two attached hydrogens (primary N) is 1. The molecule has 5 heteroatoms. The van der Waals surface area contributed by atoms with E-state index in [4.69, 9.17) is 5.73 Å². The van der Waals surface area contributed by atoms with E-state index < -0.39 is 0 Å². The zero-order chi connectivity index (χ0) is 13.0. The van der Waals surface area contributed by atoms with Gasteiger partial charge in [0.2, 0.25) is 5.91 Å². The Bertz CT molecular complexity index is 531. The number of aromatic nitrogens is 2. The van der Waals surface area contributed by atoms with Gasteiger partial charge in [-0.1, -0.05) is 19.4 Å². The highest BCUT2D eigenvalue weighted by molar-refractivity contribution is 6.00. The van der Waals surface area contributed by atoms with Gasteiger partial charge < -0.3 is 11.1 Å². The maximum absolute atomic E-state index is 11.9. The minimum absolute atomic E-state index is 0.000926. The second-order valence-electron chi connectivity index (χ2n) is 4.40. The van der Waals surface area contributed by atoms with E-state index in [0.29, 0.717) is 13.0 Å². The Balaban J connectivity index is 2.09. The summed E-state index contributed by atoms with van der Waals surface area (Å²) in [5.74, 6) is 0.245. The topological polar surface area (TPSA) is 83.8 Å². The molecule has 96 valence electrons. The van der Waals surface area contributed by atoms with Crippen LogP contribution >= 0.6 is 0 Å². The quantitative estimate of drug-likeness (QED) is 0.753. The molecule has 1 amide bonds. The zero-order valence-corrected chi connectivity index (χ0v) is 10.4. The maximum atomic E-state index is 11.9. The van der Waals surface area contributed by atoms with Gasteiger partial charge in [-0.2, -0.15) is 5.10 Å². The molecule has 0 spiro atoms. The second-order valence-corrected chi connectivity index (χ2v) is 4.40. The van der Waals surface area contributed by atoms with Gasteiger partial charge in [0.1, 0.15) is 0 Å². The number of carbonyl (C=O) groups excluding carboxylic acids is 1. The smallest absolute Gasteiger partial charge is 0.224 e. The van der Waals surface area contributed by atoms with Crippen LogP contribution in [0.5, 0.6) is 0 Å². The van der Waals surface area contributed by atoms with E-state index in [1.807, 2.05) is 25.1 Å². The number of hydrogen-bond donors (Lipinski definition) is 3. The third-order valence-electron chi connectivity index (χ3n) is 3.14. The van der Waals surface area contributed by atoms with Crippen LogP contribution in [0.2, 0.25) is 0 Å². The van der Waals surface area contributed by atoms with Gasteiger partial charge in [-0.25, -0.2) is 0 Å². The van der Waals surface area contributed by atoms with Gasteiger partial charge in [-0.15, -0.1) is 0 Å². The Morgan fingerprint density at radius 2 is 2.39 bits per heavy atom. The van der Waals surface area contributed by atoms with Gasteiger partial charge in [0.05, 0.1) is 17.4 Å². The Morgan fingerprint density at radius 1 is 1.56 bits per heavy atom. The van der Waals surface area contributed by atoms with Gasteiger partial charge in [0, 0.05) is 11.8 Å². The normalized spacial score (nSPS) is 12.6. The number of nitrogens with one attached hydrogen (secondary N) is 2. The molecule has 2 aromatic rings. The van der Waals surface area contributed by atoms with Crippen LogP contribution in [-0.2, 0) is 4.79 Å². The van der Waals surface area contributed by atoms with Crippen molar-refractivity contribution in [2.75, 3.05) is 11.9 Å². The zero-order valence-electron chi connectivity index (χ0n) is 10.4. The summed E-state index contributed by atoms with van der Waals surface area (Å²) >= 11 is 0. The number of anilines is 1. The summed E-state index contributed by atoms with van der Waals surface area (Å²) < 4.78 is 0. The van der Waals surface area contributed by atoms with Crippen LogP contribution < -0.4 is 11.1 Å². The molecule has 1 atom stereocenters. The molecular formula is C13H18N4O. The lowest BCUT2D eigenvalue weighted by Crippen LogP contribution is -2.21. The van der Waals surface area contributed by atoms with Crippen molar-refractivity contribution in [1.82, 2.24) is 10.2 Å². The third kappa shape index (κ3) is 2.68. The van der Waals surface area contributed by atoms with Crippen LogP contribution in [-0.4, -0.2) is 22.6 Å². The molecule has 1 unspecified atom stereocenters. The minimum Gasteiger partial charge on any atom is -0.330 e. The monoisotopic (exact) mass is 246 g/mol. The predicted molar refractivity (Wildman–Crippen MR) is 72.2 cm³/mol. The van der Waals surface area contributed by atoms with E-state index in [2.05, 4.69) is 15.5 Å². The van der Waals surface area contributed by atoms with Gasteiger partial charge in [0.25, 0.3) is 0 Å². The van der Waals surface area contributed by atoms with Crippen LogP contribution in [0.3, 0.4) is 0 Å². The van der Waals surface area contributed by atoms with Crippen molar-refractivity contribution < 1.29 is 4.79 Å². The fraction of sp³-hybridized carbons (Fsp3) is 0.385. The molecule has 0 fully saturated rings. The summed E-state index contributed by atoms with van der Waals surface area (Å²) in [4.78, 5) is 11.9. The lowest BCUT2D eigenvalue weighted by Gasteiger charge is -2.12. The van der Waals surface area contributed by atoms with E-state index in [1.165, 1.54) is 0 Å². The van der Waals surface area contributed by atoms with Crippen molar-refractivity contribution in [3.8, 4) is 0 Å². The molecule has 0 saturated carbocycles. The lowest BCUT2D eigenvalue weighted by atomic mass is 10.0. The molecule has 18 heavy (non-hydrogen) atoms. The summed E-state index contributed by atoms with van der Waals surface area (Å²) in [5.41, 5.74) is 7.31. The number of fused-ring (bicyclic) bond motifs is 1. The molecule has 0 aliphatic rings. The summed E-state index contributed by atoms with van der Waals surface area (Å²) in [6.45, 7) is 2.58. The van der Waals surface area contributed by atoms with Crippen molar-refractivity contribution in [3.63, 3.8) is 0 Å². The number of benzene rings is 1. The SMILES string of the molecule is CCC(CN)CC(=O)Nc1cccc2[nH]ncc12. The first-order valence-corrected chi connectivity index (χ1v) is 6.16. The molecule has 2 rings (SSSR count). The summed E-state index contributed by atoms with van der Waals surface area (Å²) in [6, 6.07) is 5.68. The van der Waals surface area contributed by atoms with Crippen LogP contribution in [0.1, 0.15) is 19.8 Å². The third-order valence-corrected chi connectivity index (χ3v) is 3.14. The molecule has 0 saturated heterocycles. The molecule has 1 heterocycles. The first kappa shape index (κ1) is 12.6. The lowest BCUT2D eigenvalue weighted by molar-refractivity contribution is -0.117. The Morgan fingerprint density at radius 3 is 3.11 bits per heavy atom. The van der Waals surface area contributed by atoms with E-state index >= 15 is 0 Å². The first-order chi connectivity index (χ1) is 8.74. The van der Waals surface area contributed by atoms with Crippen molar-refractivity contribution >= 4 is 22.5 Å². The van der Waals surface area contributed by atoms with Gasteiger partial charge in [-0.05, 0) is 24.6 Å². The molecule has 0 aliphatic heterocycles. The van der Waals surface area contributed by atoms with E-state index in [9.17, 15) is 4.79 Å². The second kappa shape index (κ2) is 5.64. The molecule has 4 N–H and O–H groups in total. The fourth-order valence-electron chi connectivity index (χ4n) is 1.93. The highest BCUT2D eigenvalue weighted by Crippen LogP contribution is 2.21. The summed E-state index contributed by atoms with van der Waals surface area (Å²) in [5, 5.41) is 10.7. The van der Waals surface area contributed by atoms with Gasteiger partial charge in [0.15, 0.2) is 0 Å². The number of nitrogens with zero attached hydrogens (tertiary/aromatic N) is 1. The van der Waals surface area contributed by atoms with Crippen molar-refractivity contribution in [2.45, 2.75) is 19.8 Å². The van der Waals surface area contributed by atoms with Crippen LogP contribution in [0.25, 0.3) is 10.9 Å². The number of rotatable bonds is 5. The van der Waals surface area contributed by atoms with E-state index in [1.54, 1.807) is 6.20 Å². The van der Waals surface area contributed by atoms with E-state index in [0.717, 1.165) is 23.0 Å². The molecule has 0 bridgehead atoms.